The molecule has 0 amide bonds. The van der Waals surface area contributed by atoms with Crippen molar-refractivity contribution in [1.82, 2.24) is 9.97 Å². The zero-order chi connectivity index (χ0) is 23.0. The van der Waals surface area contributed by atoms with Crippen molar-refractivity contribution in [3.63, 3.8) is 0 Å². The molecule has 0 saturated carbocycles. The molecule has 0 N–H and O–H groups in total. The Balaban J connectivity index is 0.000000260. The minimum Gasteiger partial charge on any atom is -0.494 e. The van der Waals surface area contributed by atoms with Crippen LogP contribution in [0.4, 0.5) is 8.78 Å². The molecule has 4 rings (SSSR count). The van der Waals surface area contributed by atoms with Crippen LogP contribution < -0.4 is 4.74 Å². The van der Waals surface area contributed by atoms with E-state index in [4.69, 9.17) is 16.3 Å². The van der Waals surface area contributed by atoms with Gasteiger partial charge in [-0.25, -0.2) is 18.7 Å². The Morgan fingerprint density at radius 2 is 1.50 bits per heavy atom. The monoisotopic (exact) mass is 472 g/mol. The van der Waals surface area contributed by atoms with Crippen molar-refractivity contribution in [3.05, 3.63) is 50.4 Å². The maximum Gasteiger partial charge on any atom is 0.184 e. The molecule has 0 radical (unpaired) electrons. The Morgan fingerprint density at radius 1 is 0.900 bits per heavy atom. The largest absolute Gasteiger partial charge is 0.494 e. The molecule has 0 spiro atoms. The zero-order valence-electron chi connectivity index (χ0n) is 18.5. The van der Waals surface area contributed by atoms with E-state index in [1.54, 1.807) is 19.1 Å². The number of aryl methyl sites for hydroxylation is 3. The van der Waals surface area contributed by atoms with Crippen LogP contribution in [0.15, 0.2) is 18.2 Å². The van der Waals surface area contributed by atoms with Crippen molar-refractivity contribution in [3.8, 4) is 5.75 Å². The van der Waals surface area contributed by atoms with E-state index in [-0.39, 0.29) is 11.6 Å². The molecule has 2 heterocycles. The second kappa shape index (κ2) is 12.1. The van der Waals surface area contributed by atoms with Gasteiger partial charge >= 0.3 is 0 Å². The van der Waals surface area contributed by atoms with Gasteiger partial charge < -0.3 is 4.74 Å². The summed E-state index contributed by atoms with van der Waals surface area (Å²) < 4.78 is 32.9. The normalized spacial score (nSPS) is 9.83. The molecule has 30 heavy (non-hydrogen) atoms. The van der Waals surface area contributed by atoms with Crippen molar-refractivity contribution < 1.29 is 13.5 Å². The van der Waals surface area contributed by atoms with E-state index in [0.29, 0.717) is 20.8 Å². The summed E-state index contributed by atoms with van der Waals surface area (Å²) in [6.07, 6.45) is 0. The highest BCUT2D eigenvalue weighted by Gasteiger charge is 2.15. The quantitative estimate of drug-likeness (QED) is 0.278. The number of halogens is 3. The summed E-state index contributed by atoms with van der Waals surface area (Å²) in [5, 5.41) is 2.19. The Hall–Kier alpha value is -1.83. The van der Waals surface area contributed by atoms with Crippen LogP contribution in [0.3, 0.4) is 0 Å². The standard InChI is InChI=1S/C9H7ClFNOS.C9H8FNS.2C2H6/c1-4-12-8-5(10)3-6(13-2)7(11)9(8)14-4;1-5-3-8-9(4-7(5)10)12-6(2)11-8;2*1-2/h3H,1-2H3;3-4H,1-2H3;2*1-2H3. The van der Waals surface area contributed by atoms with E-state index in [1.165, 1.54) is 35.8 Å². The van der Waals surface area contributed by atoms with Crippen molar-refractivity contribution in [1.29, 1.82) is 0 Å². The zero-order valence-corrected chi connectivity index (χ0v) is 20.9. The first-order chi connectivity index (χ1) is 14.3. The summed E-state index contributed by atoms with van der Waals surface area (Å²) in [6.45, 7) is 13.5. The summed E-state index contributed by atoms with van der Waals surface area (Å²) in [5.41, 5.74) is 2.07. The number of methoxy groups -OCH3 is 1. The molecule has 0 atom stereocenters. The van der Waals surface area contributed by atoms with Gasteiger partial charge in [0.25, 0.3) is 0 Å². The SMILES string of the molecule is CC.CC.COc1cc(Cl)c2nc(C)sc2c1F.Cc1nc2cc(C)c(F)cc2s1. The topological polar surface area (TPSA) is 35.0 Å². The van der Waals surface area contributed by atoms with Gasteiger partial charge in [-0.1, -0.05) is 39.3 Å². The third-order valence-corrected chi connectivity index (χ3v) is 5.81. The number of ether oxygens (including phenoxy) is 1. The fourth-order valence-electron chi connectivity index (χ4n) is 2.41. The number of hydrogen-bond acceptors (Lipinski definition) is 5. The molecule has 0 aliphatic heterocycles. The lowest BCUT2D eigenvalue weighted by Crippen LogP contribution is -1.88. The molecule has 2 aromatic heterocycles. The highest BCUT2D eigenvalue weighted by atomic mass is 35.5. The van der Waals surface area contributed by atoms with E-state index in [2.05, 4.69) is 9.97 Å². The summed E-state index contributed by atoms with van der Waals surface area (Å²) in [6, 6.07) is 4.78. The number of aromatic nitrogens is 2. The smallest absolute Gasteiger partial charge is 0.184 e. The Bertz CT molecular complexity index is 1070. The van der Waals surface area contributed by atoms with Crippen LogP contribution >= 0.6 is 34.3 Å². The lowest BCUT2D eigenvalue weighted by atomic mass is 10.2. The molecular weight excluding hydrogens is 446 g/mol. The Kier molecular flexibility index (Phi) is 10.6. The highest BCUT2D eigenvalue weighted by Crippen LogP contribution is 2.35. The fourth-order valence-corrected chi connectivity index (χ4v) is 4.41. The summed E-state index contributed by atoms with van der Waals surface area (Å²) in [7, 11) is 1.41. The Labute approximate surface area is 189 Å². The average Bonchev–Trinajstić information content (AvgIpc) is 3.30. The number of rotatable bonds is 1. The molecule has 2 aromatic carbocycles. The molecule has 0 aliphatic carbocycles. The molecule has 0 bridgehead atoms. The number of thiazole rings is 2. The Morgan fingerprint density at radius 3 is 2.10 bits per heavy atom. The minimum absolute atomic E-state index is 0.147. The van der Waals surface area contributed by atoms with E-state index >= 15 is 0 Å². The van der Waals surface area contributed by atoms with Crippen molar-refractivity contribution in [2.75, 3.05) is 7.11 Å². The van der Waals surface area contributed by atoms with Gasteiger partial charge in [-0.05, 0) is 38.5 Å². The third-order valence-electron chi connectivity index (χ3n) is 3.63. The first-order valence-corrected chi connectivity index (χ1v) is 11.6. The van der Waals surface area contributed by atoms with Gasteiger partial charge in [0.05, 0.1) is 37.1 Å². The summed E-state index contributed by atoms with van der Waals surface area (Å²) in [5.74, 6) is -0.380. The van der Waals surface area contributed by atoms with E-state index in [1.807, 2.05) is 41.5 Å². The number of benzene rings is 2. The van der Waals surface area contributed by atoms with Crippen LogP contribution in [0.2, 0.25) is 5.02 Å². The van der Waals surface area contributed by atoms with Gasteiger partial charge in [0.15, 0.2) is 11.6 Å². The van der Waals surface area contributed by atoms with E-state index in [9.17, 15) is 8.78 Å². The van der Waals surface area contributed by atoms with Crippen LogP contribution in [0, 0.1) is 32.4 Å². The van der Waals surface area contributed by atoms with Gasteiger partial charge in [-0.3, -0.25) is 0 Å². The minimum atomic E-state index is -0.391. The molecule has 0 unspecified atom stereocenters. The number of nitrogens with zero attached hydrogens (tertiary/aromatic N) is 2. The van der Waals surface area contributed by atoms with Crippen LogP contribution in [-0.2, 0) is 0 Å². The average molecular weight is 473 g/mol. The highest BCUT2D eigenvalue weighted by molar-refractivity contribution is 7.18. The molecule has 164 valence electrons. The van der Waals surface area contributed by atoms with Crippen LogP contribution in [0.5, 0.6) is 5.75 Å². The van der Waals surface area contributed by atoms with Crippen molar-refractivity contribution in [2.45, 2.75) is 48.5 Å². The first-order valence-electron chi connectivity index (χ1n) is 9.62. The molecule has 3 nitrogen and oxygen atoms in total. The summed E-state index contributed by atoms with van der Waals surface area (Å²) >= 11 is 8.72. The predicted octanol–water partition coefficient (Wildman–Crippen LogP) is 8.51. The van der Waals surface area contributed by atoms with Gasteiger partial charge in [0.2, 0.25) is 0 Å². The number of hydrogen-bond donors (Lipinski definition) is 0. The second-order valence-electron chi connectivity index (χ2n) is 5.59. The predicted molar refractivity (Wildman–Crippen MR) is 128 cm³/mol. The lowest BCUT2D eigenvalue weighted by Gasteiger charge is -2.02. The van der Waals surface area contributed by atoms with Crippen LogP contribution in [0.1, 0.15) is 43.3 Å². The molecule has 8 heteroatoms. The maximum absolute atomic E-state index is 13.6. The number of fused-ring (bicyclic) bond motifs is 2. The van der Waals surface area contributed by atoms with Crippen LogP contribution in [-0.4, -0.2) is 17.1 Å². The second-order valence-corrected chi connectivity index (χ2v) is 8.43. The fraction of sp³-hybridized carbons (Fsp3) is 0.364. The lowest BCUT2D eigenvalue weighted by molar-refractivity contribution is 0.389. The third kappa shape index (κ3) is 6.09. The van der Waals surface area contributed by atoms with E-state index < -0.39 is 5.82 Å². The molecule has 0 saturated heterocycles. The van der Waals surface area contributed by atoms with Crippen LogP contribution in [0.25, 0.3) is 20.4 Å². The molecule has 4 aromatic rings. The molecule has 0 fully saturated rings. The molecular formula is C22H27ClF2N2OS2. The van der Waals surface area contributed by atoms with Crippen molar-refractivity contribution >= 4 is 54.7 Å². The van der Waals surface area contributed by atoms with Gasteiger partial charge in [-0.15, -0.1) is 22.7 Å². The van der Waals surface area contributed by atoms with E-state index in [0.717, 1.165) is 20.2 Å². The van der Waals surface area contributed by atoms with Gasteiger partial charge in [0, 0.05) is 6.07 Å². The maximum atomic E-state index is 13.6. The van der Waals surface area contributed by atoms with Gasteiger partial charge in [0.1, 0.15) is 11.3 Å². The molecule has 0 aliphatic rings. The summed E-state index contributed by atoms with van der Waals surface area (Å²) in [4.78, 5) is 8.41. The van der Waals surface area contributed by atoms with Gasteiger partial charge in [-0.2, -0.15) is 0 Å². The van der Waals surface area contributed by atoms with Crippen molar-refractivity contribution in [2.24, 2.45) is 0 Å². The first kappa shape index (κ1) is 26.2.